The molecule has 0 bridgehead atoms. The van der Waals surface area contributed by atoms with Crippen LogP contribution in [-0.4, -0.2) is 74.9 Å². The maximum atomic E-state index is 13.4. The molecule has 5 rings (SSSR count). The maximum Gasteiger partial charge on any atom is 0.408 e. The third-order valence-electron chi connectivity index (χ3n) is 7.69. The molecule has 2 N–H and O–H groups in total. The molecule has 3 aromatic rings. The highest BCUT2D eigenvalue weighted by Crippen LogP contribution is 2.49. The summed E-state index contributed by atoms with van der Waals surface area (Å²) in [5, 5.41) is 20.4. The maximum absolute atomic E-state index is 13.4. The van der Waals surface area contributed by atoms with Crippen LogP contribution in [0.4, 0.5) is 10.6 Å². The molecule has 2 aromatic heterocycles. The highest BCUT2D eigenvalue weighted by Gasteiger charge is 2.65. The van der Waals surface area contributed by atoms with Gasteiger partial charge in [0.25, 0.3) is 0 Å². The number of nitrogens with zero attached hydrogens (tertiary/aromatic N) is 4. The van der Waals surface area contributed by atoms with Crippen molar-refractivity contribution < 1.29 is 38.1 Å². The van der Waals surface area contributed by atoms with E-state index >= 15 is 0 Å². The Morgan fingerprint density at radius 3 is 2.47 bits per heavy atom. The zero-order chi connectivity index (χ0) is 34.1. The van der Waals surface area contributed by atoms with Crippen molar-refractivity contribution in [3.63, 3.8) is 0 Å². The largest absolute Gasteiger partial charge is 0.463 e. The minimum absolute atomic E-state index is 0.0770. The van der Waals surface area contributed by atoms with Crippen LogP contribution in [0, 0.1) is 17.2 Å². The van der Waals surface area contributed by atoms with Gasteiger partial charge in [-0.15, -0.1) is 0 Å². The number of esters is 1. The van der Waals surface area contributed by atoms with Crippen LogP contribution >= 0.6 is 0 Å². The lowest BCUT2D eigenvalue weighted by molar-refractivity contribution is -0.206. The Morgan fingerprint density at radius 1 is 1.09 bits per heavy atom. The molecule has 2 amide bonds. The molecule has 0 aliphatic carbocycles. The van der Waals surface area contributed by atoms with Gasteiger partial charge in [-0.2, -0.15) is 10.4 Å². The van der Waals surface area contributed by atoms with E-state index in [4.69, 9.17) is 23.7 Å². The van der Waals surface area contributed by atoms with Crippen molar-refractivity contribution in [2.75, 3.05) is 11.9 Å². The summed E-state index contributed by atoms with van der Waals surface area (Å²) in [5.41, 5.74) is -1.00. The predicted molar refractivity (Wildman–Crippen MR) is 167 cm³/mol. The first-order valence-electron chi connectivity index (χ1n) is 15.4. The lowest BCUT2D eigenvalue weighted by atomic mass is 9.92. The van der Waals surface area contributed by atoms with Crippen molar-refractivity contribution in [2.45, 2.75) is 96.2 Å². The number of nitrogens with one attached hydrogen (secondary N) is 2. The predicted octanol–water partition coefficient (Wildman–Crippen LogP) is 3.64. The fraction of sp³-hybridized carbons (Fsp3) is 0.515. The molecule has 0 radical (unpaired) electrons. The van der Waals surface area contributed by atoms with Gasteiger partial charge in [-0.05, 0) is 58.2 Å². The number of carbonyl (C=O) groups is 3. The number of fused-ring (bicyclic) bond motifs is 2. The lowest BCUT2D eigenvalue weighted by Crippen LogP contribution is -2.48. The van der Waals surface area contributed by atoms with Crippen molar-refractivity contribution in [1.82, 2.24) is 19.9 Å². The Balaban J connectivity index is 1.39. The molecule has 2 aliphatic rings. The Bertz CT molecular complexity index is 1680. The Morgan fingerprint density at radius 2 is 1.81 bits per heavy atom. The van der Waals surface area contributed by atoms with Crippen LogP contribution in [0.2, 0.25) is 0 Å². The average Bonchev–Trinajstić information content (AvgIpc) is 3.65. The topological polar surface area (TPSA) is 175 Å². The van der Waals surface area contributed by atoms with E-state index in [0.29, 0.717) is 11.2 Å². The Labute approximate surface area is 272 Å². The van der Waals surface area contributed by atoms with Crippen LogP contribution in [0.1, 0.15) is 59.7 Å². The van der Waals surface area contributed by atoms with Crippen LogP contribution in [0.25, 0.3) is 5.52 Å². The van der Waals surface area contributed by atoms with Gasteiger partial charge in [0, 0.05) is 0 Å². The van der Waals surface area contributed by atoms with E-state index in [1.807, 2.05) is 30.3 Å². The van der Waals surface area contributed by atoms with E-state index in [1.54, 1.807) is 60.6 Å². The van der Waals surface area contributed by atoms with Crippen LogP contribution in [0.15, 0.2) is 48.8 Å². The van der Waals surface area contributed by atoms with Gasteiger partial charge in [0.15, 0.2) is 11.6 Å². The lowest BCUT2D eigenvalue weighted by Gasteiger charge is -2.29. The second kappa shape index (κ2) is 12.9. The first kappa shape index (κ1) is 33.8. The number of hydrogen-bond acceptors (Lipinski definition) is 11. The van der Waals surface area contributed by atoms with Crippen LogP contribution in [-0.2, 0) is 45.3 Å². The SMILES string of the molecule is CC(C)[C@H](NC(=O)OC(C)(C)C)C(=O)Nc1ncnn2c(C3(C#N)OC(COC(=O)Cc4ccccc4)C4OC(C)(C)OC43)ccc12. The van der Waals surface area contributed by atoms with Gasteiger partial charge in [0.2, 0.25) is 11.5 Å². The highest BCUT2D eigenvalue weighted by molar-refractivity contribution is 5.98. The van der Waals surface area contributed by atoms with Gasteiger partial charge in [0.1, 0.15) is 54.5 Å². The quantitative estimate of drug-likeness (QED) is 0.324. The number of ether oxygens (including phenoxy) is 5. The molecule has 14 heteroatoms. The van der Waals surface area contributed by atoms with E-state index in [0.717, 1.165) is 5.56 Å². The molecular weight excluding hydrogens is 608 g/mol. The smallest absolute Gasteiger partial charge is 0.408 e. The van der Waals surface area contributed by atoms with Crippen LogP contribution in [0.5, 0.6) is 0 Å². The van der Waals surface area contributed by atoms with Gasteiger partial charge in [0.05, 0.1) is 12.1 Å². The Hall–Kier alpha value is -4.58. The summed E-state index contributed by atoms with van der Waals surface area (Å²) in [6.45, 7) is 12.1. The Kier molecular flexibility index (Phi) is 9.27. The van der Waals surface area contributed by atoms with E-state index in [-0.39, 0.29) is 24.8 Å². The monoisotopic (exact) mass is 648 g/mol. The van der Waals surface area contributed by atoms with Crippen molar-refractivity contribution in [3.8, 4) is 6.07 Å². The van der Waals surface area contributed by atoms with Crippen LogP contribution in [0.3, 0.4) is 0 Å². The van der Waals surface area contributed by atoms with Gasteiger partial charge < -0.3 is 34.3 Å². The summed E-state index contributed by atoms with van der Waals surface area (Å²) in [6.07, 6.45) is -1.91. The summed E-state index contributed by atoms with van der Waals surface area (Å²) in [7, 11) is 0. The van der Waals surface area contributed by atoms with Gasteiger partial charge in [-0.1, -0.05) is 44.2 Å². The second-order valence-corrected chi connectivity index (χ2v) is 13.4. The molecular formula is C33H40N6O8. The van der Waals surface area contributed by atoms with Crippen molar-refractivity contribution in [3.05, 3.63) is 60.0 Å². The molecule has 0 saturated carbocycles. The van der Waals surface area contributed by atoms with Gasteiger partial charge in [-0.3, -0.25) is 9.59 Å². The molecule has 47 heavy (non-hydrogen) atoms. The first-order chi connectivity index (χ1) is 22.1. The number of anilines is 1. The third kappa shape index (κ3) is 7.22. The van der Waals surface area contributed by atoms with Crippen molar-refractivity contribution in [2.24, 2.45) is 5.92 Å². The molecule has 2 aliphatic heterocycles. The first-order valence-corrected chi connectivity index (χ1v) is 15.4. The second-order valence-electron chi connectivity index (χ2n) is 13.4. The highest BCUT2D eigenvalue weighted by atomic mass is 16.8. The molecule has 4 unspecified atom stereocenters. The molecule has 14 nitrogen and oxygen atoms in total. The summed E-state index contributed by atoms with van der Waals surface area (Å²) >= 11 is 0. The number of aromatic nitrogens is 3. The van der Waals surface area contributed by atoms with E-state index in [2.05, 4.69) is 26.8 Å². The zero-order valence-electron chi connectivity index (χ0n) is 27.5. The van der Waals surface area contributed by atoms with Gasteiger partial charge >= 0.3 is 12.1 Å². The number of amides is 2. The van der Waals surface area contributed by atoms with Crippen LogP contribution < -0.4 is 10.6 Å². The number of alkyl carbamates (subject to hydrolysis) is 1. The minimum atomic E-state index is -1.73. The molecule has 250 valence electrons. The fourth-order valence-electron chi connectivity index (χ4n) is 5.69. The summed E-state index contributed by atoms with van der Waals surface area (Å²) in [5.74, 6) is -2.17. The molecule has 1 aromatic carbocycles. The summed E-state index contributed by atoms with van der Waals surface area (Å²) < 4.78 is 31.1. The normalized spacial score (nSPS) is 23.9. The number of carbonyl (C=O) groups excluding carboxylic acids is 3. The molecule has 4 heterocycles. The van der Waals surface area contributed by atoms with E-state index < -0.39 is 59.3 Å². The molecule has 2 fully saturated rings. The summed E-state index contributed by atoms with van der Waals surface area (Å²) in [6, 6.07) is 13.8. The standard InChI is InChI=1S/C33H40N6O8/c1-19(2)25(37-30(42)47-31(3,4)5)29(41)38-28-21-13-14-23(39(21)36-18-35-28)33(17-34)27-26(45-32(6,7)46-27)22(44-33)16-43-24(40)15-20-11-9-8-10-12-20/h8-14,18-19,22,25-27H,15-16H2,1-7H3,(H,37,42)(H,35,36,38,41)/t22?,25-,26?,27?,33?/m0/s1. The summed E-state index contributed by atoms with van der Waals surface area (Å²) in [4.78, 5) is 42.8. The van der Waals surface area contributed by atoms with Crippen molar-refractivity contribution in [1.29, 1.82) is 5.26 Å². The number of nitriles is 1. The fourth-order valence-corrected chi connectivity index (χ4v) is 5.69. The average molecular weight is 649 g/mol. The number of hydrogen-bond donors (Lipinski definition) is 2. The third-order valence-corrected chi connectivity index (χ3v) is 7.69. The molecule has 2 saturated heterocycles. The molecule has 5 atom stereocenters. The number of benzene rings is 1. The number of rotatable bonds is 9. The van der Waals surface area contributed by atoms with Gasteiger partial charge in [-0.25, -0.2) is 14.3 Å². The minimum Gasteiger partial charge on any atom is -0.463 e. The zero-order valence-corrected chi connectivity index (χ0v) is 27.5. The van der Waals surface area contributed by atoms with Crippen molar-refractivity contribution >= 4 is 29.3 Å². The van der Waals surface area contributed by atoms with E-state index in [1.165, 1.54) is 10.8 Å². The van der Waals surface area contributed by atoms with E-state index in [9.17, 15) is 19.6 Å². The molecule has 0 spiro atoms.